The standard InChI is InChI=1S/C23H27N3O2S2/c1-5-12-26-22(28)20-18(16-10-8-15(4)9-11-16)13-29-21(20)25-23(26)30-14-19(27)24-17(6-2)7-3/h5,8-11,13,17H,1,6-7,12,14H2,2-4H3,(H,24,27). The molecule has 1 amide bonds. The third-order valence-electron chi connectivity index (χ3n) is 5.02. The summed E-state index contributed by atoms with van der Waals surface area (Å²) in [5, 5.41) is 6.18. The van der Waals surface area contributed by atoms with Crippen LogP contribution < -0.4 is 10.9 Å². The zero-order chi connectivity index (χ0) is 21.7. The van der Waals surface area contributed by atoms with E-state index in [4.69, 9.17) is 4.98 Å². The summed E-state index contributed by atoms with van der Waals surface area (Å²) in [5.74, 6) is 0.182. The van der Waals surface area contributed by atoms with Gasteiger partial charge < -0.3 is 5.32 Å². The van der Waals surface area contributed by atoms with E-state index in [1.54, 1.807) is 10.6 Å². The number of hydrogen-bond acceptors (Lipinski definition) is 5. The second kappa shape index (κ2) is 10.1. The number of hydrogen-bond donors (Lipinski definition) is 1. The van der Waals surface area contributed by atoms with Crippen LogP contribution in [0.4, 0.5) is 0 Å². The maximum absolute atomic E-state index is 13.3. The Hall–Kier alpha value is -2.38. The number of carbonyl (C=O) groups is 1. The van der Waals surface area contributed by atoms with Gasteiger partial charge in [0.05, 0.1) is 11.1 Å². The molecule has 0 atom stereocenters. The van der Waals surface area contributed by atoms with Crippen LogP contribution in [0.2, 0.25) is 0 Å². The van der Waals surface area contributed by atoms with E-state index < -0.39 is 0 Å². The molecule has 0 saturated carbocycles. The highest BCUT2D eigenvalue weighted by Crippen LogP contribution is 2.32. The summed E-state index contributed by atoms with van der Waals surface area (Å²) in [6, 6.07) is 8.31. The van der Waals surface area contributed by atoms with Crippen LogP contribution in [0.1, 0.15) is 32.3 Å². The van der Waals surface area contributed by atoms with Gasteiger partial charge in [0.15, 0.2) is 5.16 Å². The molecule has 0 fully saturated rings. The maximum Gasteiger partial charge on any atom is 0.263 e. The number of rotatable bonds is 9. The minimum absolute atomic E-state index is 0.0419. The summed E-state index contributed by atoms with van der Waals surface area (Å²) >= 11 is 2.75. The summed E-state index contributed by atoms with van der Waals surface area (Å²) in [6.45, 7) is 10.3. The van der Waals surface area contributed by atoms with Crippen molar-refractivity contribution in [1.29, 1.82) is 0 Å². The lowest BCUT2D eigenvalue weighted by molar-refractivity contribution is -0.119. The molecule has 1 N–H and O–H groups in total. The number of nitrogens with one attached hydrogen (secondary N) is 1. The largest absolute Gasteiger partial charge is 0.353 e. The molecule has 0 radical (unpaired) electrons. The molecule has 2 heterocycles. The number of amides is 1. The second-order valence-corrected chi connectivity index (χ2v) is 8.96. The normalized spacial score (nSPS) is 11.2. The van der Waals surface area contributed by atoms with Gasteiger partial charge in [-0.15, -0.1) is 17.9 Å². The average Bonchev–Trinajstić information content (AvgIpc) is 3.17. The van der Waals surface area contributed by atoms with Gasteiger partial charge in [-0.2, -0.15) is 0 Å². The van der Waals surface area contributed by atoms with Gasteiger partial charge in [-0.1, -0.05) is 61.5 Å². The minimum Gasteiger partial charge on any atom is -0.353 e. The molecule has 1 aromatic carbocycles. The Labute approximate surface area is 185 Å². The Balaban J connectivity index is 1.95. The molecule has 158 valence electrons. The van der Waals surface area contributed by atoms with E-state index in [1.165, 1.54) is 28.7 Å². The molecule has 2 aromatic heterocycles. The third kappa shape index (κ3) is 4.84. The molecule has 7 heteroatoms. The number of fused-ring (bicyclic) bond motifs is 1. The first-order valence-electron chi connectivity index (χ1n) is 10.1. The topological polar surface area (TPSA) is 64.0 Å². The van der Waals surface area contributed by atoms with Gasteiger partial charge in [0.2, 0.25) is 5.91 Å². The van der Waals surface area contributed by atoms with Crippen molar-refractivity contribution in [3.8, 4) is 11.1 Å². The van der Waals surface area contributed by atoms with E-state index in [9.17, 15) is 9.59 Å². The molecule has 3 aromatic rings. The average molecular weight is 442 g/mol. The first kappa shape index (κ1) is 22.3. The predicted molar refractivity (Wildman–Crippen MR) is 127 cm³/mol. The molecule has 0 saturated heterocycles. The van der Waals surface area contributed by atoms with Gasteiger partial charge in [0, 0.05) is 23.5 Å². The number of aromatic nitrogens is 2. The van der Waals surface area contributed by atoms with Crippen LogP contribution in [-0.4, -0.2) is 27.3 Å². The van der Waals surface area contributed by atoms with Crippen LogP contribution >= 0.6 is 23.1 Å². The lowest BCUT2D eigenvalue weighted by Gasteiger charge is -2.15. The van der Waals surface area contributed by atoms with Gasteiger partial charge in [0.25, 0.3) is 5.56 Å². The van der Waals surface area contributed by atoms with E-state index in [-0.39, 0.29) is 23.3 Å². The predicted octanol–water partition coefficient (Wildman–Crippen LogP) is 5.02. The number of benzene rings is 1. The first-order valence-corrected chi connectivity index (χ1v) is 12.0. The minimum atomic E-state index is -0.0976. The highest BCUT2D eigenvalue weighted by Gasteiger charge is 2.18. The molecule has 0 aliphatic heterocycles. The number of aryl methyl sites for hydroxylation is 1. The van der Waals surface area contributed by atoms with Crippen LogP contribution in [-0.2, 0) is 11.3 Å². The fourth-order valence-electron chi connectivity index (χ4n) is 3.24. The molecule has 0 spiro atoms. The molecule has 5 nitrogen and oxygen atoms in total. The second-order valence-electron chi connectivity index (χ2n) is 7.16. The van der Waals surface area contributed by atoms with Crippen molar-refractivity contribution < 1.29 is 4.79 Å². The lowest BCUT2D eigenvalue weighted by Crippen LogP contribution is -2.35. The summed E-state index contributed by atoms with van der Waals surface area (Å²) in [5.41, 5.74) is 2.97. The van der Waals surface area contributed by atoms with Gasteiger partial charge in [-0.3, -0.25) is 14.2 Å². The van der Waals surface area contributed by atoms with Gasteiger partial charge in [-0.05, 0) is 25.3 Å². The van der Waals surface area contributed by atoms with E-state index in [2.05, 4.69) is 25.7 Å². The van der Waals surface area contributed by atoms with Crippen LogP contribution in [0.3, 0.4) is 0 Å². The van der Waals surface area contributed by atoms with E-state index in [0.29, 0.717) is 21.9 Å². The van der Waals surface area contributed by atoms with Gasteiger partial charge in [-0.25, -0.2) is 4.98 Å². The zero-order valence-electron chi connectivity index (χ0n) is 17.6. The molecule has 0 bridgehead atoms. The van der Waals surface area contributed by atoms with Crippen molar-refractivity contribution in [1.82, 2.24) is 14.9 Å². The smallest absolute Gasteiger partial charge is 0.263 e. The van der Waals surface area contributed by atoms with Crippen molar-refractivity contribution in [2.45, 2.75) is 51.4 Å². The monoisotopic (exact) mass is 441 g/mol. The van der Waals surface area contributed by atoms with E-state index in [0.717, 1.165) is 24.0 Å². The zero-order valence-corrected chi connectivity index (χ0v) is 19.2. The molecule has 0 aliphatic rings. The Kier molecular flexibility index (Phi) is 7.50. The van der Waals surface area contributed by atoms with Crippen molar-refractivity contribution in [3.05, 3.63) is 58.2 Å². The fourth-order valence-corrected chi connectivity index (χ4v) is 5.05. The summed E-state index contributed by atoms with van der Waals surface area (Å²) in [4.78, 5) is 31.1. The van der Waals surface area contributed by atoms with E-state index in [1.807, 2.05) is 36.6 Å². The van der Waals surface area contributed by atoms with Crippen LogP contribution in [0.25, 0.3) is 21.3 Å². The van der Waals surface area contributed by atoms with Crippen molar-refractivity contribution >= 4 is 39.2 Å². The number of nitrogens with zero attached hydrogens (tertiary/aromatic N) is 2. The number of allylic oxidation sites excluding steroid dienone is 1. The SMILES string of the molecule is C=CCn1c(SCC(=O)NC(CC)CC)nc2scc(-c3ccc(C)cc3)c2c1=O. The number of carbonyl (C=O) groups excluding carboxylic acids is 1. The molecular weight excluding hydrogens is 414 g/mol. The van der Waals surface area contributed by atoms with E-state index >= 15 is 0 Å². The van der Waals surface area contributed by atoms with Crippen LogP contribution in [0, 0.1) is 6.92 Å². The third-order valence-corrected chi connectivity index (χ3v) is 6.86. The molecule has 3 rings (SSSR count). The Morgan fingerprint density at radius 1 is 1.30 bits per heavy atom. The Morgan fingerprint density at radius 2 is 2.00 bits per heavy atom. The first-order chi connectivity index (χ1) is 14.5. The number of thioether (sulfide) groups is 1. The maximum atomic E-state index is 13.3. The highest BCUT2D eigenvalue weighted by atomic mass is 32.2. The lowest BCUT2D eigenvalue weighted by atomic mass is 10.1. The molecule has 0 aliphatic carbocycles. The molecule has 30 heavy (non-hydrogen) atoms. The Bertz CT molecular complexity index is 1100. The summed E-state index contributed by atoms with van der Waals surface area (Å²) < 4.78 is 1.61. The highest BCUT2D eigenvalue weighted by molar-refractivity contribution is 7.99. The quantitative estimate of drug-likeness (QED) is 0.288. The number of thiophene rings is 1. The molecule has 0 unspecified atom stereocenters. The van der Waals surface area contributed by atoms with Gasteiger partial charge >= 0.3 is 0 Å². The molecular formula is C23H27N3O2S2. The summed E-state index contributed by atoms with van der Waals surface area (Å²) in [7, 11) is 0. The van der Waals surface area contributed by atoms with Crippen LogP contribution in [0.5, 0.6) is 0 Å². The van der Waals surface area contributed by atoms with Crippen LogP contribution in [0.15, 0.2) is 52.3 Å². The summed E-state index contributed by atoms with van der Waals surface area (Å²) in [6.07, 6.45) is 3.48. The Morgan fingerprint density at radius 3 is 2.63 bits per heavy atom. The van der Waals surface area contributed by atoms with Crippen molar-refractivity contribution in [3.63, 3.8) is 0 Å². The van der Waals surface area contributed by atoms with Gasteiger partial charge in [0.1, 0.15) is 4.83 Å². The van der Waals surface area contributed by atoms with Crippen molar-refractivity contribution in [2.24, 2.45) is 0 Å². The fraction of sp³-hybridized carbons (Fsp3) is 0.348. The van der Waals surface area contributed by atoms with Crippen molar-refractivity contribution in [2.75, 3.05) is 5.75 Å².